The molecule has 6 nitrogen and oxygen atoms in total. The van der Waals surface area contributed by atoms with E-state index in [4.69, 9.17) is 16.4 Å². The zero-order chi connectivity index (χ0) is 17.0. The minimum absolute atomic E-state index is 0.286. The maximum absolute atomic E-state index is 11.7. The van der Waals surface area contributed by atoms with Gasteiger partial charge in [0.05, 0.1) is 5.69 Å². The number of nitrogens with zero attached hydrogens (tertiary/aromatic N) is 1. The normalized spacial score (nSPS) is 10.3. The van der Waals surface area contributed by atoms with Gasteiger partial charge in [0.25, 0.3) is 0 Å². The van der Waals surface area contributed by atoms with E-state index in [2.05, 4.69) is 15.9 Å². The largest absolute Gasteiger partial charge is 0.489 e. The zero-order valence-electron chi connectivity index (χ0n) is 13.0. The number of rotatable bonds is 4. The summed E-state index contributed by atoms with van der Waals surface area (Å²) in [5, 5.41) is 0.971. The third-order valence-corrected chi connectivity index (χ3v) is 4.39. The second-order valence-corrected chi connectivity index (χ2v) is 5.95. The standard InChI is InChI=1S/C16H19BrN4O2/c1-10-4-3-5-15(21(19)16(22)20-18)13(10)9-23-12-6-7-14(17)11(2)8-12/h3-8H,9,18-19H2,1-2H3,(H,20,22). The predicted molar refractivity (Wildman–Crippen MR) is 93.8 cm³/mol. The van der Waals surface area contributed by atoms with Crippen molar-refractivity contribution < 1.29 is 9.53 Å². The average Bonchev–Trinajstić information content (AvgIpc) is 2.55. The second kappa shape index (κ2) is 7.45. The van der Waals surface area contributed by atoms with Crippen molar-refractivity contribution in [2.45, 2.75) is 20.5 Å². The molecule has 0 aliphatic carbocycles. The van der Waals surface area contributed by atoms with Crippen molar-refractivity contribution >= 4 is 27.6 Å². The molecule has 122 valence electrons. The van der Waals surface area contributed by atoms with Gasteiger partial charge < -0.3 is 4.74 Å². The van der Waals surface area contributed by atoms with Crippen LogP contribution in [0.3, 0.4) is 0 Å². The van der Waals surface area contributed by atoms with E-state index in [1.807, 2.05) is 49.6 Å². The van der Waals surface area contributed by atoms with Crippen LogP contribution < -0.4 is 26.9 Å². The van der Waals surface area contributed by atoms with Crippen molar-refractivity contribution in [1.29, 1.82) is 0 Å². The molecular formula is C16H19BrN4O2. The lowest BCUT2D eigenvalue weighted by molar-refractivity contribution is 0.246. The van der Waals surface area contributed by atoms with Crippen molar-refractivity contribution in [3.8, 4) is 5.75 Å². The Labute approximate surface area is 143 Å². The van der Waals surface area contributed by atoms with Gasteiger partial charge in [0, 0.05) is 10.0 Å². The Bertz CT molecular complexity index is 721. The first kappa shape index (κ1) is 17.3. The fraction of sp³-hybridized carbons (Fsp3) is 0.188. The molecule has 0 saturated carbocycles. The Morgan fingerprint density at radius 1 is 1.26 bits per heavy atom. The minimum Gasteiger partial charge on any atom is -0.489 e. The van der Waals surface area contributed by atoms with E-state index >= 15 is 0 Å². The number of ether oxygens (including phenoxy) is 1. The van der Waals surface area contributed by atoms with Gasteiger partial charge in [0.1, 0.15) is 12.4 Å². The van der Waals surface area contributed by atoms with Gasteiger partial charge in [-0.2, -0.15) is 0 Å². The van der Waals surface area contributed by atoms with Gasteiger partial charge >= 0.3 is 6.03 Å². The SMILES string of the molecule is Cc1cc(OCc2c(C)cccc2N(N)C(=O)NN)ccc1Br. The van der Waals surface area contributed by atoms with Crippen LogP contribution in [0.2, 0.25) is 0 Å². The summed E-state index contributed by atoms with van der Waals surface area (Å²) < 4.78 is 6.87. The highest BCUT2D eigenvalue weighted by Crippen LogP contribution is 2.26. The number of nitrogens with one attached hydrogen (secondary N) is 1. The van der Waals surface area contributed by atoms with Crippen LogP contribution in [-0.4, -0.2) is 6.03 Å². The number of anilines is 1. The van der Waals surface area contributed by atoms with Gasteiger partial charge in [-0.05, 0) is 49.2 Å². The molecule has 0 fully saturated rings. The molecule has 0 bridgehead atoms. The van der Waals surface area contributed by atoms with Crippen LogP contribution in [0.5, 0.6) is 5.75 Å². The number of nitrogens with two attached hydrogens (primary N) is 2. The van der Waals surface area contributed by atoms with Crippen LogP contribution in [0.15, 0.2) is 40.9 Å². The van der Waals surface area contributed by atoms with Crippen LogP contribution in [0, 0.1) is 13.8 Å². The van der Waals surface area contributed by atoms with Crippen LogP contribution in [0.25, 0.3) is 0 Å². The van der Waals surface area contributed by atoms with Gasteiger partial charge in [-0.15, -0.1) is 0 Å². The summed E-state index contributed by atoms with van der Waals surface area (Å²) in [6, 6.07) is 10.6. The summed E-state index contributed by atoms with van der Waals surface area (Å²) in [5.41, 5.74) is 5.42. The lowest BCUT2D eigenvalue weighted by Gasteiger charge is -2.21. The number of hydrogen-bond acceptors (Lipinski definition) is 4. The molecule has 0 spiro atoms. The van der Waals surface area contributed by atoms with Gasteiger partial charge in [-0.3, -0.25) is 5.43 Å². The Balaban J connectivity index is 2.25. The first-order valence-corrected chi connectivity index (χ1v) is 7.76. The molecule has 0 aliphatic rings. The second-order valence-electron chi connectivity index (χ2n) is 5.09. The maximum Gasteiger partial charge on any atom is 0.350 e. The fourth-order valence-corrected chi connectivity index (χ4v) is 2.39. The van der Waals surface area contributed by atoms with Crippen molar-refractivity contribution in [2.24, 2.45) is 11.7 Å². The van der Waals surface area contributed by atoms with E-state index in [1.54, 1.807) is 6.07 Å². The highest BCUT2D eigenvalue weighted by Gasteiger charge is 2.16. The molecule has 23 heavy (non-hydrogen) atoms. The molecule has 0 heterocycles. The number of benzene rings is 2. The molecule has 2 amide bonds. The van der Waals surface area contributed by atoms with E-state index in [0.29, 0.717) is 5.69 Å². The van der Waals surface area contributed by atoms with Crippen LogP contribution >= 0.6 is 15.9 Å². The number of carbonyl (C=O) groups is 1. The zero-order valence-corrected chi connectivity index (χ0v) is 14.6. The average molecular weight is 379 g/mol. The lowest BCUT2D eigenvalue weighted by Crippen LogP contribution is -2.48. The van der Waals surface area contributed by atoms with Crippen molar-refractivity contribution in [3.63, 3.8) is 0 Å². The molecule has 0 radical (unpaired) electrons. The quantitative estimate of drug-likeness (QED) is 0.433. The number of hydrogen-bond donors (Lipinski definition) is 3. The topological polar surface area (TPSA) is 93.6 Å². The van der Waals surface area contributed by atoms with E-state index in [-0.39, 0.29) is 6.61 Å². The summed E-state index contributed by atoms with van der Waals surface area (Å²) >= 11 is 3.46. The number of halogens is 1. The molecule has 0 saturated heterocycles. The number of aryl methyl sites for hydroxylation is 2. The summed E-state index contributed by atoms with van der Waals surface area (Å²) in [5.74, 6) is 11.7. The van der Waals surface area contributed by atoms with E-state index in [0.717, 1.165) is 31.9 Å². The number of hydrazine groups is 2. The van der Waals surface area contributed by atoms with Crippen molar-refractivity contribution in [3.05, 3.63) is 57.6 Å². The fourth-order valence-electron chi connectivity index (χ4n) is 2.14. The Kier molecular flexibility index (Phi) is 5.59. The molecule has 5 N–H and O–H groups in total. The first-order chi connectivity index (χ1) is 10.9. The molecular weight excluding hydrogens is 360 g/mol. The monoisotopic (exact) mass is 378 g/mol. The van der Waals surface area contributed by atoms with E-state index in [1.165, 1.54) is 0 Å². The molecule has 2 aromatic carbocycles. The summed E-state index contributed by atoms with van der Waals surface area (Å²) in [6.45, 7) is 4.21. The summed E-state index contributed by atoms with van der Waals surface area (Å²) in [4.78, 5) is 11.7. The van der Waals surface area contributed by atoms with Gasteiger partial charge in [0.2, 0.25) is 0 Å². The Hall–Kier alpha value is -2.09. The van der Waals surface area contributed by atoms with Gasteiger partial charge in [0.15, 0.2) is 0 Å². The van der Waals surface area contributed by atoms with Crippen LogP contribution in [-0.2, 0) is 6.61 Å². The van der Waals surface area contributed by atoms with Gasteiger partial charge in [-0.25, -0.2) is 21.5 Å². The molecule has 0 unspecified atom stereocenters. The smallest absolute Gasteiger partial charge is 0.350 e. The molecule has 0 aromatic heterocycles. The lowest BCUT2D eigenvalue weighted by atomic mass is 10.1. The molecule has 2 aromatic rings. The predicted octanol–water partition coefficient (Wildman–Crippen LogP) is 2.91. The number of urea groups is 1. The summed E-state index contributed by atoms with van der Waals surface area (Å²) in [7, 11) is 0. The number of carbonyl (C=O) groups excluding carboxylic acids is 1. The highest BCUT2D eigenvalue weighted by atomic mass is 79.9. The number of amides is 2. The first-order valence-electron chi connectivity index (χ1n) is 6.97. The van der Waals surface area contributed by atoms with Crippen molar-refractivity contribution in [2.75, 3.05) is 5.01 Å². The molecule has 0 aliphatic heterocycles. The summed E-state index contributed by atoms with van der Waals surface area (Å²) in [6.07, 6.45) is 0. The third-order valence-electron chi connectivity index (χ3n) is 3.50. The maximum atomic E-state index is 11.7. The van der Waals surface area contributed by atoms with Crippen LogP contribution in [0.1, 0.15) is 16.7 Å². The Morgan fingerprint density at radius 3 is 2.65 bits per heavy atom. The molecule has 7 heteroatoms. The molecule has 2 rings (SSSR count). The van der Waals surface area contributed by atoms with E-state index in [9.17, 15) is 4.79 Å². The van der Waals surface area contributed by atoms with Crippen LogP contribution in [0.4, 0.5) is 10.5 Å². The third kappa shape index (κ3) is 4.01. The van der Waals surface area contributed by atoms with Gasteiger partial charge in [-0.1, -0.05) is 28.1 Å². The Morgan fingerprint density at radius 2 is 2.00 bits per heavy atom. The van der Waals surface area contributed by atoms with E-state index < -0.39 is 6.03 Å². The minimum atomic E-state index is -0.601. The highest BCUT2D eigenvalue weighted by molar-refractivity contribution is 9.10. The van der Waals surface area contributed by atoms with Crippen molar-refractivity contribution in [1.82, 2.24) is 5.43 Å². The molecule has 0 atom stereocenters.